The van der Waals surface area contributed by atoms with E-state index in [0.717, 1.165) is 44.3 Å². The second-order valence-corrected chi connectivity index (χ2v) is 5.30. The minimum atomic E-state index is -0.485. The van der Waals surface area contributed by atoms with E-state index in [1.807, 2.05) is 25.4 Å². The number of nitrogens with two attached hydrogens (primary N) is 1. The lowest BCUT2D eigenvalue weighted by Gasteiger charge is -2.28. The van der Waals surface area contributed by atoms with E-state index >= 15 is 0 Å². The number of nitrogens with zero attached hydrogens (tertiary/aromatic N) is 2. The maximum atomic E-state index is 10.3. The Morgan fingerprint density at radius 1 is 1.44 bits per heavy atom. The maximum Gasteiger partial charge on any atom is 0.139 e. The van der Waals surface area contributed by atoms with Gasteiger partial charge in [-0.2, -0.15) is 0 Å². The van der Waals surface area contributed by atoms with Gasteiger partial charge in [-0.25, -0.2) is 10.8 Å². The number of anilines is 1. The maximum absolute atomic E-state index is 10.3. The summed E-state index contributed by atoms with van der Waals surface area (Å²) in [4.78, 5) is 6.32. The van der Waals surface area contributed by atoms with Gasteiger partial charge in [0.25, 0.3) is 0 Å². The highest BCUT2D eigenvalue weighted by Crippen LogP contribution is 2.30. The minimum Gasteiger partial charge on any atom is -0.389 e. The van der Waals surface area contributed by atoms with E-state index in [9.17, 15) is 5.11 Å². The molecule has 2 rings (SSSR count). The molecule has 100 valence electrons. The van der Waals surface area contributed by atoms with Crippen molar-refractivity contribution in [1.29, 1.82) is 0 Å². The fourth-order valence-corrected chi connectivity index (χ4v) is 2.66. The molecule has 0 spiro atoms. The van der Waals surface area contributed by atoms with Crippen LogP contribution in [0.5, 0.6) is 0 Å². The smallest absolute Gasteiger partial charge is 0.139 e. The van der Waals surface area contributed by atoms with Crippen LogP contribution >= 0.6 is 0 Å². The molecule has 1 aromatic rings. The Balaban J connectivity index is 1.88. The van der Waals surface area contributed by atoms with Crippen LogP contribution in [0.1, 0.15) is 31.2 Å². The molecular formula is C13H22N4O. The summed E-state index contributed by atoms with van der Waals surface area (Å²) in [6.45, 7) is 1.52. The first kappa shape index (κ1) is 13.3. The molecule has 0 radical (unpaired) electrons. The zero-order valence-electron chi connectivity index (χ0n) is 10.9. The van der Waals surface area contributed by atoms with Gasteiger partial charge in [-0.15, -0.1) is 0 Å². The molecule has 1 aliphatic carbocycles. The molecule has 0 saturated heterocycles. The predicted octanol–water partition coefficient (Wildman–Crippen LogP) is 1.10. The van der Waals surface area contributed by atoms with Crippen molar-refractivity contribution in [3.8, 4) is 0 Å². The Hall–Kier alpha value is -1.17. The van der Waals surface area contributed by atoms with E-state index in [0.29, 0.717) is 5.82 Å². The van der Waals surface area contributed by atoms with Crippen LogP contribution in [0.3, 0.4) is 0 Å². The zero-order valence-corrected chi connectivity index (χ0v) is 10.9. The Kier molecular flexibility index (Phi) is 4.16. The third-order valence-electron chi connectivity index (χ3n) is 3.52. The minimum absolute atomic E-state index is 0.485. The van der Waals surface area contributed by atoms with Crippen molar-refractivity contribution in [2.45, 2.75) is 37.8 Å². The van der Waals surface area contributed by atoms with Crippen LogP contribution in [-0.4, -0.2) is 34.2 Å². The van der Waals surface area contributed by atoms with Gasteiger partial charge in [0.2, 0.25) is 0 Å². The normalized spacial score (nSPS) is 18.2. The summed E-state index contributed by atoms with van der Waals surface area (Å²) < 4.78 is 0. The number of aliphatic hydroxyl groups is 1. The molecule has 0 amide bonds. The molecule has 1 fully saturated rings. The predicted molar refractivity (Wildman–Crippen MR) is 71.8 cm³/mol. The van der Waals surface area contributed by atoms with E-state index in [1.165, 1.54) is 0 Å². The van der Waals surface area contributed by atoms with Crippen LogP contribution in [0.4, 0.5) is 5.82 Å². The Morgan fingerprint density at radius 3 is 2.72 bits per heavy atom. The number of hydrogen-bond acceptors (Lipinski definition) is 5. The van der Waals surface area contributed by atoms with Gasteiger partial charge in [-0.1, -0.05) is 18.9 Å². The number of pyridine rings is 1. The van der Waals surface area contributed by atoms with Crippen molar-refractivity contribution in [3.05, 3.63) is 23.9 Å². The number of hydrogen-bond donors (Lipinski definition) is 3. The van der Waals surface area contributed by atoms with Crippen molar-refractivity contribution in [1.82, 2.24) is 9.88 Å². The first-order valence-corrected chi connectivity index (χ1v) is 6.44. The summed E-state index contributed by atoms with van der Waals surface area (Å²) >= 11 is 0. The van der Waals surface area contributed by atoms with Gasteiger partial charge in [0.05, 0.1) is 5.60 Å². The van der Waals surface area contributed by atoms with Crippen molar-refractivity contribution in [3.63, 3.8) is 0 Å². The first-order valence-electron chi connectivity index (χ1n) is 6.44. The first-order chi connectivity index (χ1) is 8.61. The number of hydrazine groups is 1. The van der Waals surface area contributed by atoms with Crippen molar-refractivity contribution < 1.29 is 5.11 Å². The summed E-state index contributed by atoms with van der Waals surface area (Å²) in [5.41, 5.74) is 3.15. The monoisotopic (exact) mass is 250 g/mol. The fraction of sp³-hybridized carbons (Fsp3) is 0.615. The van der Waals surface area contributed by atoms with Crippen LogP contribution < -0.4 is 11.3 Å². The third-order valence-corrected chi connectivity index (χ3v) is 3.52. The largest absolute Gasteiger partial charge is 0.389 e. The van der Waals surface area contributed by atoms with E-state index in [-0.39, 0.29) is 0 Å². The molecule has 0 atom stereocenters. The van der Waals surface area contributed by atoms with Crippen molar-refractivity contribution >= 4 is 5.82 Å². The molecule has 5 nitrogen and oxygen atoms in total. The number of likely N-dealkylation sites (N-methyl/N-ethyl adjacent to an activating group) is 1. The Bertz CT molecular complexity index is 373. The number of nitrogen functional groups attached to an aromatic ring is 1. The molecule has 0 aromatic carbocycles. The standard InChI is InChI=1S/C13H22N4O/c1-17(10-13(18)6-2-3-7-13)9-11-4-5-12(16-14)15-8-11/h4-5,8,18H,2-3,6-7,9-10,14H2,1H3,(H,15,16). The number of aromatic nitrogens is 1. The van der Waals surface area contributed by atoms with Crippen molar-refractivity contribution in [2.75, 3.05) is 19.0 Å². The van der Waals surface area contributed by atoms with E-state index in [1.54, 1.807) is 0 Å². The van der Waals surface area contributed by atoms with Gasteiger partial charge in [-0.05, 0) is 31.5 Å². The average molecular weight is 250 g/mol. The molecule has 0 unspecified atom stereocenters. The van der Waals surface area contributed by atoms with Gasteiger partial charge in [0, 0.05) is 19.3 Å². The summed E-state index contributed by atoms with van der Waals surface area (Å²) in [7, 11) is 2.03. The average Bonchev–Trinajstić information content (AvgIpc) is 2.76. The summed E-state index contributed by atoms with van der Waals surface area (Å²) in [5, 5.41) is 10.3. The second kappa shape index (κ2) is 5.65. The molecule has 18 heavy (non-hydrogen) atoms. The molecular weight excluding hydrogens is 228 g/mol. The quantitative estimate of drug-likeness (QED) is 0.539. The zero-order chi connectivity index (χ0) is 13.0. The van der Waals surface area contributed by atoms with Crippen LogP contribution in [0.2, 0.25) is 0 Å². The molecule has 5 heteroatoms. The fourth-order valence-electron chi connectivity index (χ4n) is 2.66. The van der Waals surface area contributed by atoms with Gasteiger partial charge in [-0.3, -0.25) is 4.90 Å². The molecule has 0 aliphatic heterocycles. The molecule has 4 N–H and O–H groups in total. The SMILES string of the molecule is CN(Cc1ccc(NN)nc1)CC1(O)CCCC1. The lowest BCUT2D eigenvalue weighted by molar-refractivity contribution is 0.0145. The van der Waals surface area contributed by atoms with E-state index in [4.69, 9.17) is 5.84 Å². The van der Waals surface area contributed by atoms with Gasteiger partial charge in [0.1, 0.15) is 5.82 Å². The lowest BCUT2D eigenvalue weighted by atomic mass is 10.0. The highest BCUT2D eigenvalue weighted by Gasteiger charge is 2.31. The Labute approximate surface area is 108 Å². The highest BCUT2D eigenvalue weighted by molar-refractivity contribution is 5.33. The van der Waals surface area contributed by atoms with Crippen molar-refractivity contribution in [2.24, 2.45) is 5.84 Å². The van der Waals surface area contributed by atoms with Crippen LogP contribution in [-0.2, 0) is 6.54 Å². The van der Waals surface area contributed by atoms with Crippen LogP contribution in [0, 0.1) is 0 Å². The third kappa shape index (κ3) is 3.41. The molecule has 1 saturated carbocycles. The summed E-state index contributed by atoms with van der Waals surface area (Å²) in [6.07, 6.45) is 5.94. The van der Waals surface area contributed by atoms with E-state index in [2.05, 4.69) is 15.3 Å². The number of nitrogens with one attached hydrogen (secondary N) is 1. The number of rotatable bonds is 5. The van der Waals surface area contributed by atoms with Gasteiger partial charge < -0.3 is 10.5 Å². The molecule has 1 heterocycles. The molecule has 0 bridgehead atoms. The summed E-state index contributed by atoms with van der Waals surface area (Å²) in [6, 6.07) is 3.85. The van der Waals surface area contributed by atoms with Crippen LogP contribution in [0.25, 0.3) is 0 Å². The molecule has 1 aromatic heterocycles. The Morgan fingerprint density at radius 2 is 2.17 bits per heavy atom. The van der Waals surface area contributed by atoms with Crippen LogP contribution in [0.15, 0.2) is 18.3 Å². The topological polar surface area (TPSA) is 74.4 Å². The molecule has 1 aliphatic rings. The van der Waals surface area contributed by atoms with Gasteiger partial charge >= 0.3 is 0 Å². The highest BCUT2D eigenvalue weighted by atomic mass is 16.3. The van der Waals surface area contributed by atoms with Gasteiger partial charge in [0.15, 0.2) is 0 Å². The van der Waals surface area contributed by atoms with E-state index < -0.39 is 5.60 Å². The lowest BCUT2D eigenvalue weighted by Crippen LogP contribution is -2.38. The summed E-state index contributed by atoms with van der Waals surface area (Å²) in [5.74, 6) is 5.93. The second-order valence-electron chi connectivity index (χ2n) is 5.30.